The van der Waals surface area contributed by atoms with Crippen LogP contribution in [0, 0.1) is 11.6 Å². The Bertz CT molecular complexity index is 1290. The molecule has 0 unspecified atom stereocenters. The quantitative estimate of drug-likeness (QED) is 0.544. The number of hydrogen-bond donors (Lipinski definition) is 2. The first-order chi connectivity index (χ1) is 15.9. The van der Waals surface area contributed by atoms with Gasteiger partial charge >= 0.3 is 0 Å². The largest absolute Gasteiger partial charge is 0.457 e. The van der Waals surface area contributed by atoms with Gasteiger partial charge in [-0.15, -0.1) is 0 Å². The van der Waals surface area contributed by atoms with E-state index in [4.69, 9.17) is 4.74 Å². The lowest BCUT2D eigenvalue weighted by molar-refractivity contribution is -0.115. The lowest BCUT2D eigenvalue weighted by Gasteiger charge is -2.07. The van der Waals surface area contributed by atoms with E-state index in [0.29, 0.717) is 22.4 Å². The number of benzene rings is 2. The van der Waals surface area contributed by atoms with Gasteiger partial charge in [-0.05, 0) is 60.3 Å². The lowest BCUT2D eigenvalue weighted by Crippen LogP contribution is -2.19. The van der Waals surface area contributed by atoms with Crippen molar-refractivity contribution in [1.82, 2.24) is 15.6 Å². The molecule has 1 aromatic heterocycles. The van der Waals surface area contributed by atoms with Gasteiger partial charge in [-0.2, -0.15) is 0 Å². The number of amides is 2. The number of hydrogen-bond acceptors (Lipinski definition) is 6. The first-order valence-electron chi connectivity index (χ1n) is 9.62. The van der Waals surface area contributed by atoms with Gasteiger partial charge in [-0.1, -0.05) is 0 Å². The predicted molar refractivity (Wildman–Crippen MR) is 121 cm³/mol. The number of nitrogens with zero attached hydrogens (tertiary/aromatic N) is 2. The summed E-state index contributed by atoms with van der Waals surface area (Å²) in [5, 5.41) is 5.44. The summed E-state index contributed by atoms with van der Waals surface area (Å²) >= 11 is 1.05. The molecule has 0 radical (unpaired) electrons. The normalized spacial score (nSPS) is 15.5. The van der Waals surface area contributed by atoms with Gasteiger partial charge in [-0.25, -0.2) is 13.8 Å². The minimum atomic E-state index is -0.756. The summed E-state index contributed by atoms with van der Waals surface area (Å²) in [6.07, 6.45) is 2.82. The molecular weight excluding hydrogens is 450 g/mol. The summed E-state index contributed by atoms with van der Waals surface area (Å²) in [5.74, 6) is -1.23. The molecule has 0 bridgehead atoms. The number of ether oxygens (including phenoxy) is 1. The fraction of sp³-hybridized carbons (Fsp3) is 0.0435. The molecule has 1 aliphatic heterocycles. The van der Waals surface area contributed by atoms with E-state index in [1.807, 2.05) is 0 Å². The summed E-state index contributed by atoms with van der Waals surface area (Å²) in [5.41, 5.74) is 0.893. The van der Waals surface area contributed by atoms with Crippen LogP contribution in [0.15, 0.2) is 70.7 Å². The molecule has 2 amide bonds. The lowest BCUT2D eigenvalue weighted by atomic mass is 10.2. The van der Waals surface area contributed by atoms with Crippen molar-refractivity contribution in [2.24, 2.45) is 4.99 Å². The van der Waals surface area contributed by atoms with Crippen LogP contribution in [-0.4, -0.2) is 29.0 Å². The second-order valence-corrected chi connectivity index (χ2v) is 7.73. The van der Waals surface area contributed by atoms with Crippen LogP contribution in [0.2, 0.25) is 0 Å². The number of carbonyl (C=O) groups excluding carboxylic acids is 2. The van der Waals surface area contributed by atoms with E-state index < -0.39 is 17.5 Å². The smallest absolute Gasteiger partial charge is 0.269 e. The Labute approximate surface area is 191 Å². The van der Waals surface area contributed by atoms with Gasteiger partial charge in [-0.3, -0.25) is 14.6 Å². The first kappa shape index (κ1) is 22.2. The van der Waals surface area contributed by atoms with Gasteiger partial charge in [0.25, 0.3) is 11.8 Å². The average Bonchev–Trinajstić information content (AvgIpc) is 3.15. The average molecular weight is 466 g/mol. The molecule has 2 heterocycles. The molecule has 166 valence electrons. The molecule has 0 aliphatic carbocycles. The zero-order valence-corrected chi connectivity index (χ0v) is 18.0. The molecule has 2 aromatic carbocycles. The molecular formula is C23H16F2N4O3S. The monoisotopic (exact) mass is 466 g/mol. The van der Waals surface area contributed by atoms with Crippen LogP contribution in [0.25, 0.3) is 6.08 Å². The van der Waals surface area contributed by atoms with Crippen molar-refractivity contribution in [2.45, 2.75) is 0 Å². The topological polar surface area (TPSA) is 92.7 Å². The van der Waals surface area contributed by atoms with Gasteiger partial charge in [0.2, 0.25) is 0 Å². The molecule has 3 aromatic rings. The van der Waals surface area contributed by atoms with Crippen LogP contribution in [-0.2, 0) is 4.79 Å². The Morgan fingerprint density at radius 2 is 1.91 bits per heavy atom. The number of rotatable bonds is 5. The van der Waals surface area contributed by atoms with Crippen LogP contribution in [0.4, 0.5) is 14.5 Å². The molecule has 4 rings (SSSR count). The second kappa shape index (κ2) is 9.61. The maximum Gasteiger partial charge on any atom is 0.269 e. The number of nitrogens with one attached hydrogen (secondary N) is 2. The highest BCUT2D eigenvalue weighted by Crippen LogP contribution is 2.30. The maximum atomic E-state index is 13.9. The van der Waals surface area contributed by atoms with Crippen molar-refractivity contribution in [3.8, 4) is 11.5 Å². The summed E-state index contributed by atoms with van der Waals surface area (Å²) in [7, 11) is 1.52. The van der Waals surface area contributed by atoms with Crippen molar-refractivity contribution < 1.29 is 23.1 Å². The zero-order chi connectivity index (χ0) is 23.4. The van der Waals surface area contributed by atoms with E-state index >= 15 is 0 Å². The summed E-state index contributed by atoms with van der Waals surface area (Å²) in [6, 6.07) is 13.1. The number of amidine groups is 1. The van der Waals surface area contributed by atoms with Gasteiger partial charge in [0, 0.05) is 30.9 Å². The van der Waals surface area contributed by atoms with E-state index in [1.165, 1.54) is 31.5 Å². The van der Waals surface area contributed by atoms with E-state index in [0.717, 1.165) is 23.9 Å². The first-order valence-corrected chi connectivity index (χ1v) is 10.4. The van der Waals surface area contributed by atoms with Crippen molar-refractivity contribution in [1.29, 1.82) is 0 Å². The van der Waals surface area contributed by atoms with Gasteiger partial charge < -0.3 is 15.4 Å². The highest BCUT2D eigenvalue weighted by atomic mass is 32.2. The van der Waals surface area contributed by atoms with E-state index in [9.17, 15) is 18.4 Å². The number of carbonyl (C=O) groups is 2. The number of aromatic nitrogens is 1. The van der Waals surface area contributed by atoms with Crippen molar-refractivity contribution in [2.75, 3.05) is 7.05 Å². The zero-order valence-electron chi connectivity index (χ0n) is 17.1. The third-order valence-electron chi connectivity index (χ3n) is 4.39. The maximum absolute atomic E-state index is 13.9. The minimum absolute atomic E-state index is 0.104. The Balaban J connectivity index is 1.45. The van der Waals surface area contributed by atoms with E-state index in [2.05, 4.69) is 20.6 Å². The van der Waals surface area contributed by atoms with E-state index in [-0.39, 0.29) is 22.1 Å². The predicted octanol–water partition coefficient (Wildman–Crippen LogP) is 4.40. The van der Waals surface area contributed by atoms with Crippen molar-refractivity contribution >= 4 is 40.5 Å². The van der Waals surface area contributed by atoms with Crippen LogP contribution in [0.3, 0.4) is 0 Å². The van der Waals surface area contributed by atoms with Crippen LogP contribution >= 0.6 is 11.8 Å². The van der Waals surface area contributed by atoms with E-state index in [1.54, 1.807) is 30.3 Å². The minimum Gasteiger partial charge on any atom is -0.457 e. The van der Waals surface area contributed by atoms with Crippen LogP contribution < -0.4 is 15.4 Å². The molecule has 0 atom stereocenters. The Morgan fingerprint density at radius 1 is 1.12 bits per heavy atom. The number of thioether (sulfide) groups is 1. The van der Waals surface area contributed by atoms with Gasteiger partial charge in [0.05, 0.1) is 10.6 Å². The molecule has 1 aliphatic rings. The third-order valence-corrected chi connectivity index (χ3v) is 5.30. The molecule has 0 spiro atoms. The summed E-state index contributed by atoms with van der Waals surface area (Å²) < 4.78 is 32.7. The molecule has 1 fully saturated rings. The van der Waals surface area contributed by atoms with Crippen LogP contribution in [0.1, 0.15) is 16.1 Å². The fourth-order valence-corrected chi connectivity index (χ4v) is 3.64. The standard InChI is InChI=1S/C23H16F2N4O3S/c1-26-21(30)19-12-17(8-9-27-19)32-16-6-4-15(5-7-16)28-23-29-22(31)20(33-23)10-13-2-3-14(24)11-18(13)25/h2-12H,1H3,(H,26,30)(H,28,29,31)/b20-10-. The summed E-state index contributed by atoms with van der Waals surface area (Å²) in [6.45, 7) is 0. The Kier molecular flexibility index (Phi) is 6.45. The molecule has 10 heteroatoms. The molecule has 1 saturated heterocycles. The van der Waals surface area contributed by atoms with Gasteiger partial charge in [0.15, 0.2) is 5.17 Å². The summed E-state index contributed by atoms with van der Waals surface area (Å²) in [4.78, 5) is 32.5. The SMILES string of the molecule is CNC(=O)c1cc(Oc2ccc(N=C3NC(=O)/C(=C/c4ccc(F)cc4F)S3)cc2)ccn1. The molecule has 0 saturated carbocycles. The van der Waals surface area contributed by atoms with Crippen molar-refractivity contribution in [3.05, 3.63) is 88.6 Å². The van der Waals surface area contributed by atoms with Crippen LogP contribution in [0.5, 0.6) is 11.5 Å². The number of halogens is 2. The molecule has 7 nitrogen and oxygen atoms in total. The van der Waals surface area contributed by atoms with Gasteiger partial charge in [0.1, 0.15) is 28.8 Å². The Hall–Kier alpha value is -4.05. The molecule has 33 heavy (non-hydrogen) atoms. The fourth-order valence-electron chi connectivity index (χ4n) is 2.81. The number of aliphatic imine (C=N–C) groups is 1. The molecule has 2 N–H and O–H groups in total. The highest BCUT2D eigenvalue weighted by Gasteiger charge is 2.24. The Morgan fingerprint density at radius 3 is 2.64 bits per heavy atom. The highest BCUT2D eigenvalue weighted by molar-refractivity contribution is 8.18. The third kappa shape index (κ3) is 5.42. The van der Waals surface area contributed by atoms with Crippen molar-refractivity contribution in [3.63, 3.8) is 0 Å². The second-order valence-electron chi connectivity index (χ2n) is 6.70. The number of pyridine rings is 1.